The van der Waals surface area contributed by atoms with E-state index in [4.69, 9.17) is 4.74 Å². The third-order valence-corrected chi connectivity index (χ3v) is 6.86. The molecule has 3 amide bonds. The number of ether oxygens (including phenoxy) is 1. The molecule has 0 spiro atoms. The number of aryl methyl sites for hydroxylation is 1. The Bertz CT molecular complexity index is 1290. The molecule has 2 atom stereocenters. The highest BCUT2D eigenvalue weighted by Crippen LogP contribution is 2.43. The Morgan fingerprint density at radius 2 is 1.78 bits per heavy atom. The summed E-state index contributed by atoms with van der Waals surface area (Å²) in [4.78, 5) is 42.1. The largest absolute Gasteiger partial charge is 0.496 e. The van der Waals surface area contributed by atoms with Crippen LogP contribution < -0.4 is 15.0 Å². The topological polar surface area (TPSA) is 79.0 Å². The van der Waals surface area contributed by atoms with Crippen molar-refractivity contribution in [2.45, 2.75) is 39.3 Å². The van der Waals surface area contributed by atoms with E-state index < -0.39 is 12.0 Å². The smallest absolute Gasteiger partial charge is 0.229 e. The van der Waals surface area contributed by atoms with E-state index in [1.165, 1.54) is 6.92 Å². The number of methoxy groups -OCH3 is 1. The summed E-state index contributed by atoms with van der Waals surface area (Å²) in [5, 5.41) is 3.07. The quantitative estimate of drug-likeness (QED) is 0.490. The number of nitrogens with zero attached hydrogens (tertiary/aromatic N) is 2. The van der Waals surface area contributed by atoms with Gasteiger partial charge in [-0.3, -0.25) is 14.4 Å². The van der Waals surface area contributed by atoms with E-state index in [1.807, 2.05) is 79.7 Å². The van der Waals surface area contributed by atoms with E-state index in [0.717, 1.165) is 22.4 Å². The van der Waals surface area contributed by atoms with E-state index in [2.05, 4.69) is 5.32 Å². The fourth-order valence-corrected chi connectivity index (χ4v) is 4.81. The minimum absolute atomic E-state index is 0.0296. The molecule has 1 saturated heterocycles. The molecular weight excluding hydrogens is 466 g/mol. The maximum atomic E-state index is 13.8. The van der Waals surface area contributed by atoms with Crippen molar-refractivity contribution >= 4 is 29.1 Å². The van der Waals surface area contributed by atoms with E-state index in [-0.39, 0.29) is 24.1 Å². The van der Waals surface area contributed by atoms with E-state index in [0.29, 0.717) is 24.4 Å². The lowest BCUT2D eigenvalue weighted by molar-refractivity contribution is -0.128. The van der Waals surface area contributed by atoms with Crippen molar-refractivity contribution in [1.29, 1.82) is 0 Å². The molecule has 0 aromatic heterocycles. The molecule has 1 N–H and O–H groups in total. The van der Waals surface area contributed by atoms with Gasteiger partial charge in [-0.2, -0.15) is 0 Å². The summed E-state index contributed by atoms with van der Waals surface area (Å²) in [7, 11) is 3.34. The minimum atomic E-state index is -0.535. The molecule has 1 aliphatic heterocycles. The first-order chi connectivity index (χ1) is 17.8. The van der Waals surface area contributed by atoms with Gasteiger partial charge in [0.2, 0.25) is 17.7 Å². The Morgan fingerprint density at radius 3 is 2.49 bits per heavy atom. The third-order valence-electron chi connectivity index (χ3n) is 6.86. The first-order valence-electron chi connectivity index (χ1n) is 12.4. The minimum Gasteiger partial charge on any atom is -0.496 e. The number of anilines is 2. The van der Waals surface area contributed by atoms with Gasteiger partial charge < -0.3 is 19.9 Å². The highest BCUT2D eigenvalue weighted by molar-refractivity contribution is 6.00. The molecule has 0 bridgehead atoms. The number of nitrogens with one attached hydrogen (secondary N) is 1. The van der Waals surface area contributed by atoms with Crippen LogP contribution in [0.4, 0.5) is 11.4 Å². The molecule has 0 saturated carbocycles. The van der Waals surface area contributed by atoms with Crippen LogP contribution in [0.25, 0.3) is 0 Å². The highest BCUT2D eigenvalue weighted by Gasteiger charge is 2.42. The van der Waals surface area contributed by atoms with Gasteiger partial charge in [0, 0.05) is 43.9 Å². The summed E-state index contributed by atoms with van der Waals surface area (Å²) in [6.45, 7) is 3.97. The van der Waals surface area contributed by atoms with Gasteiger partial charge in [0.05, 0.1) is 19.1 Å². The maximum Gasteiger partial charge on any atom is 0.229 e. The molecule has 3 aromatic carbocycles. The summed E-state index contributed by atoms with van der Waals surface area (Å²) < 4.78 is 5.65. The lowest BCUT2D eigenvalue weighted by Gasteiger charge is -2.41. The van der Waals surface area contributed by atoms with Gasteiger partial charge in [0.1, 0.15) is 5.75 Å². The van der Waals surface area contributed by atoms with Crippen LogP contribution in [0.15, 0.2) is 72.8 Å². The van der Waals surface area contributed by atoms with Crippen molar-refractivity contribution < 1.29 is 19.1 Å². The number of rotatable bonds is 7. The van der Waals surface area contributed by atoms with Crippen LogP contribution in [0.2, 0.25) is 0 Å². The fourth-order valence-electron chi connectivity index (χ4n) is 4.81. The Hall–Kier alpha value is -4.13. The maximum absolute atomic E-state index is 13.8. The molecule has 3 aromatic rings. The first kappa shape index (κ1) is 25.9. The average Bonchev–Trinajstić information content (AvgIpc) is 2.89. The summed E-state index contributed by atoms with van der Waals surface area (Å²) in [6.07, 6.45) is 0.684. The molecule has 1 fully saturated rings. The van der Waals surface area contributed by atoms with Gasteiger partial charge in [0.15, 0.2) is 0 Å². The number of hydrogen-bond donors (Lipinski definition) is 1. The second-order valence-electron chi connectivity index (χ2n) is 9.50. The summed E-state index contributed by atoms with van der Waals surface area (Å²) in [5.74, 6) is -0.0990. The Balaban J connectivity index is 1.69. The zero-order valence-electron chi connectivity index (χ0n) is 21.7. The van der Waals surface area contributed by atoms with Crippen LogP contribution in [0.1, 0.15) is 42.5 Å². The number of carbonyl (C=O) groups excluding carboxylic acids is 3. The standard InChI is InChI=1S/C30H33N3O4/c1-20-12-14-24(15-13-20)33-28(35)17-16-26(29(33)25-10-5-6-11-27(25)37-4)30(36)31-23-9-7-8-22(18-23)19-32(3)21(2)34/h5-15,18,26,29H,16-17,19H2,1-4H3,(H,31,36). The Kier molecular flexibility index (Phi) is 7.92. The van der Waals surface area contributed by atoms with Crippen molar-refractivity contribution in [3.05, 3.63) is 89.5 Å². The molecule has 1 aliphatic rings. The number of hydrogen-bond acceptors (Lipinski definition) is 4. The van der Waals surface area contributed by atoms with Crippen LogP contribution in [-0.2, 0) is 20.9 Å². The van der Waals surface area contributed by atoms with Crippen LogP contribution in [0.5, 0.6) is 5.75 Å². The van der Waals surface area contributed by atoms with Crippen molar-refractivity contribution in [2.24, 2.45) is 5.92 Å². The fraction of sp³-hybridized carbons (Fsp3) is 0.300. The van der Waals surface area contributed by atoms with Crippen LogP contribution in [0.3, 0.4) is 0 Å². The lowest BCUT2D eigenvalue weighted by atomic mass is 9.82. The van der Waals surface area contributed by atoms with E-state index in [9.17, 15) is 14.4 Å². The molecule has 0 aliphatic carbocycles. The molecule has 1 heterocycles. The second-order valence-corrected chi connectivity index (χ2v) is 9.50. The summed E-state index contributed by atoms with van der Waals surface area (Å²) in [5.41, 5.74) is 4.19. The lowest BCUT2D eigenvalue weighted by Crippen LogP contribution is -2.47. The van der Waals surface area contributed by atoms with Crippen molar-refractivity contribution in [2.75, 3.05) is 24.4 Å². The summed E-state index contributed by atoms with van der Waals surface area (Å²) >= 11 is 0. The Morgan fingerprint density at radius 1 is 1.05 bits per heavy atom. The number of para-hydroxylation sites is 1. The molecular formula is C30H33N3O4. The predicted molar refractivity (Wildman–Crippen MR) is 144 cm³/mol. The summed E-state index contributed by atoms with van der Waals surface area (Å²) in [6, 6.07) is 22.3. The molecule has 7 heteroatoms. The van der Waals surface area contributed by atoms with Gasteiger partial charge in [-0.25, -0.2) is 0 Å². The van der Waals surface area contributed by atoms with Crippen LogP contribution >= 0.6 is 0 Å². The average molecular weight is 500 g/mol. The van der Waals surface area contributed by atoms with Gasteiger partial charge >= 0.3 is 0 Å². The van der Waals surface area contributed by atoms with Crippen LogP contribution in [0, 0.1) is 12.8 Å². The molecule has 0 radical (unpaired) electrons. The highest BCUT2D eigenvalue weighted by atomic mass is 16.5. The van der Waals surface area contributed by atoms with Gasteiger partial charge in [-0.1, -0.05) is 48.0 Å². The second kappa shape index (κ2) is 11.3. The Labute approximate surface area is 218 Å². The number of amides is 3. The van der Waals surface area contributed by atoms with Gasteiger partial charge in [0.25, 0.3) is 0 Å². The zero-order valence-corrected chi connectivity index (χ0v) is 21.7. The zero-order chi connectivity index (χ0) is 26.5. The first-order valence-corrected chi connectivity index (χ1v) is 12.4. The van der Waals surface area contributed by atoms with Crippen molar-refractivity contribution in [3.63, 3.8) is 0 Å². The molecule has 2 unspecified atom stereocenters. The molecule has 192 valence electrons. The van der Waals surface area contributed by atoms with Gasteiger partial charge in [-0.05, 0) is 49.2 Å². The third kappa shape index (κ3) is 5.82. The molecule has 7 nitrogen and oxygen atoms in total. The van der Waals surface area contributed by atoms with Gasteiger partial charge in [-0.15, -0.1) is 0 Å². The predicted octanol–water partition coefficient (Wildman–Crippen LogP) is 5.10. The number of carbonyl (C=O) groups is 3. The van der Waals surface area contributed by atoms with E-state index >= 15 is 0 Å². The monoisotopic (exact) mass is 499 g/mol. The molecule has 37 heavy (non-hydrogen) atoms. The number of benzene rings is 3. The van der Waals surface area contributed by atoms with E-state index in [1.54, 1.807) is 24.0 Å². The van der Waals surface area contributed by atoms with Crippen molar-refractivity contribution in [1.82, 2.24) is 4.90 Å². The number of piperidine rings is 1. The SMILES string of the molecule is COc1ccccc1C1C(C(=O)Nc2cccc(CN(C)C(C)=O)c2)CCC(=O)N1c1ccc(C)cc1. The van der Waals surface area contributed by atoms with Crippen molar-refractivity contribution in [3.8, 4) is 5.75 Å². The molecule has 4 rings (SSSR count). The normalized spacial score (nSPS) is 17.3. The van der Waals surface area contributed by atoms with Crippen LogP contribution in [-0.4, -0.2) is 36.8 Å².